The Morgan fingerprint density at radius 1 is 0.833 bits per heavy atom. The van der Waals surface area contributed by atoms with E-state index in [0.717, 1.165) is 24.8 Å². The Hall–Kier alpha value is -1.80. The van der Waals surface area contributed by atoms with Crippen LogP contribution in [0.3, 0.4) is 0 Å². The summed E-state index contributed by atoms with van der Waals surface area (Å²) in [5.41, 5.74) is 7.21. The van der Waals surface area contributed by atoms with E-state index in [1.807, 2.05) is 0 Å². The summed E-state index contributed by atoms with van der Waals surface area (Å²) in [6, 6.07) is 14.6. The average Bonchev–Trinajstić information content (AvgIpc) is 3.31. The maximum Gasteiger partial charge on any atom is 0.122 e. The Morgan fingerprint density at radius 2 is 1.62 bits per heavy atom. The van der Waals surface area contributed by atoms with Gasteiger partial charge in [-0.3, -0.25) is 0 Å². The van der Waals surface area contributed by atoms with Crippen LogP contribution in [0.5, 0.6) is 5.75 Å². The molecule has 2 nitrogen and oxygen atoms in total. The molecule has 0 amide bonds. The van der Waals surface area contributed by atoms with Crippen LogP contribution >= 0.6 is 0 Å². The molecule has 0 saturated carbocycles. The number of rotatable bonds is 2. The Labute approximate surface area is 144 Å². The number of likely N-dealkylation sites (tertiary alicyclic amines) is 1. The van der Waals surface area contributed by atoms with E-state index in [1.165, 1.54) is 61.9 Å². The van der Waals surface area contributed by atoms with Crippen LogP contribution in [0.2, 0.25) is 0 Å². The van der Waals surface area contributed by atoms with Crippen LogP contribution in [0.4, 0.5) is 0 Å². The first-order valence-corrected chi connectivity index (χ1v) is 9.49. The first-order chi connectivity index (χ1) is 11.9. The zero-order chi connectivity index (χ0) is 15.9. The van der Waals surface area contributed by atoms with Gasteiger partial charge in [0.25, 0.3) is 0 Å². The monoisotopic (exact) mass is 319 g/mol. The minimum atomic E-state index is 0.781. The van der Waals surface area contributed by atoms with Gasteiger partial charge in [0, 0.05) is 12.5 Å². The van der Waals surface area contributed by atoms with E-state index in [4.69, 9.17) is 4.74 Å². The second-order valence-corrected chi connectivity index (χ2v) is 7.54. The van der Waals surface area contributed by atoms with Gasteiger partial charge < -0.3 is 9.64 Å². The third kappa shape index (κ3) is 2.53. The number of aryl methyl sites for hydroxylation is 1. The summed E-state index contributed by atoms with van der Waals surface area (Å²) in [6.07, 6.45) is 7.64. The molecule has 3 aliphatic rings. The normalized spacial score (nSPS) is 22.9. The molecule has 1 fully saturated rings. The van der Waals surface area contributed by atoms with Gasteiger partial charge in [0.2, 0.25) is 0 Å². The second-order valence-electron chi connectivity index (χ2n) is 7.54. The standard InChI is InChI=1S/C22H25NO/c1-2-11-23(10-1)21-7-5-17-13-16(3-4-19(17)15-21)18-6-8-22-20(14-18)9-12-24-22/h3-4,6,8,13-14,21H,1-2,5,7,9-12,15H2. The summed E-state index contributed by atoms with van der Waals surface area (Å²) in [5.74, 6) is 1.07. The summed E-state index contributed by atoms with van der Waals surface area (Å²) in [6.45, 7) is 3.46. The number of fused-ring (bicyclic) bond motifs is 2. The topological polar surface area (TPSA) is 12.5 Å². The van der Waals surface area contributed by atoms with E-state index in [-0.39, 0.29) is 0 Å². The van der Waals surface area contributed by atoms with Crippen molar-refractivity contribution in [3.63, 3.8) is 0 Å². The van der Waals surface area contributed by atoms with Crippen molar-refractivity contribution in [1.82, 2.24) is 4.90 Å². The van der Waals surface area contributed by atoms with E-state index >= 15 is 0 Å². The number of hydrogen-bond acceptors (Lipinski definition) is 2. The van der Waals surface area contributed by atoms with Crippen molar-refractivity contribution in [2.24, 2.45) is 0 Å². The number of hydrogen-bond donors (Lipinski definition) is 0. The van der Waals surface area contributed by atoms with Gasteiger partial charge in [-0.25, -0.2) is 0 Å². The van der Waals surface area contributed by atoms with Gasteiger partial charge in [0.1, 0.15) is 5.75 Å². The minimum absolute atomic E-state index is 0.781. The molecule has 24 heavy (non-hydrogen) atoms. The smallest absolute Gasteiger partial charge is 0.122 e. The molecule has 0 N–H and O–H groups in total. The van der Waals surface area contributed by atoms with E-state index < -0.39 is 0 Å². The van der Waals surface area contributed by atoms with Crippen LogP contribution in [-0.4, -0.2) is 30.6 Å². The predicted octanol–water partition coefficient (Wildman–Crippen LogP) is 4.24. The number of ether oxygens (including phenoxy) is 1. The van der Waals surface area contributed by atoms with Crippen LogP contribution in [0.25, 0.3) is 11.1 Å². The first-order valence-electron chi connectivity index (χ1n) is 9.49. The molecule has 2 aromatic carbocycles. The highest BCUT2D eigenvalue weighted by molar-refractivity contribution is 5.67. The fourth-order valence-electron chi connectivity index (χ4n) is 4.70. The summed E-state index contributed by atoms with van der Waals surface area (Å²) in [7, 11) is 0. The average molecular weight is 319 g/mol. The molecule has 1 atom stereocenters. The maximum atomic E-state index is 5.64. The molecule has 5 rings (SSSR count). The summed E-state index contributed by atoms with van der Waals surface area (Å²) in [5, 5.41) is 0. The van der Waals surface area contributed by atoms with Crippen molar-refractivity contribution in [3.8, 4) is 16.9 Å². The lowest BCUT2D eigenvalue weighted by atomic mass is 9.85. The molecule has 0 bridgehead atoms. The van der Waals surface area contributed by atoms with Crippen molar-refractivity contribution in [1.29, 1.82) is 0 Å². The van der Waals surface area contributed by atoms with E-state index in [1.54, 1.807) is 11.1 Å². The SMILES string of the molecule is c1cc2c(cc1-c1ccc3c(c1)CCO3)CCC(N1CCCC1)C2. The molecular formula is C22H25NO. The summed E-state index contributed by atoms with van der Waals surface area (Å²) in [4.78, 5) is 2.72. The van der Waals surface area contributed by atoms with Crippen LogP contribution in [0, 0.1) is 0 Å². The van der Waals surface area contributed by atoms with Gasteiger partial charge in [-0.05, 0) is 85.1 Å². The lowest BCUT2D eigenvalue weighted by Gasteiger charge is -2.32. The zero-order valence-electron chi connectivity index (χ0n) is 14.3. The maximum absolute atomic E-state index is 5.64. The van der Waals surface area contributed by atoms with E-state index in [0.29, 0.717) is 0 Å². The first kappa shape index (κ1) is 14.5. The molecule has 124 valence electrons. The Balaban J connectivity index is 1.40. The van der Waals surface area contributed by atoms with Gasteiger partial charge in [-0.15, -0.1) is 0 Å². The second kappa shape index (κ2) is 5.93. The third-order valence-corrected chi connectivity index (χ3v) is 6.09. The quantitative estimate of drug-likeness (QED) is 0.821. The Bertz CT molecular complexity index is 761. The van der Waals surface area contributed by atoms with Crippen LogP contribution in [0.15, 0.2) is 36.4 Å². The number of benzene rings is 2. The highest BCUT2D eigenvalue weighted by Crippen LogP contribution is 2.33. The van der Waals surface area contributed by atoms with Crippen molar-refractivity contribution in [3.05, 3.63) is 53.1 Å². The van der Waals surface area contributed by atoms with Gasteiger partial charge >= 0.3 is 0 Å². The van der Waals surface area contributed by atoms with Gasteiger partial charge in [-0.2, -0.15) is 0 Å². The van der Waals surface area contributed by atoms with Crippen molar-refractivity contribution >= 4 is 0 Å². The molecule has 1 saturated heterocycles. The van der Waals surface area contributed by atoms with Crippen LogP contribution in [-0.2, 0) is 19.3 Å². The lowest BCUT2D eigenvalue weighted by molar-refractivity contribution is 0.222. The fourth-order valence-corrected chi connectivity index (χ4v) is 4.70. The van der Waals surface area contributed by atoms with Crippen LogP contribution in [0.1, 0.15) is 36.0 Å². The lowest BCUT2D eigenvalue weighted by Crippen LogP contribution is -2.37. The Morgan fingerprint density at radius 3 is 2.50 bits per heavy atom. The van der Waals surface area contributed by atoms with Gasteiger partial charge in [-0.1, -0.05) is 24.3 Å². The van der Waals surface area contributed by atoms with Gasteiger partial charge in [0.05, 0.1) is 6.61 Å². The zero-order valence-corrected chi connectivity index (χ0v) is 14.3. The predicted molar refractivity (Wildman–Crippen MR) is 97.7 cm³/mol. The highest BCUT2D eigenvalue weighted by Gasteiger charge is 2.26. The molecular weight excluding hydrogens is 294 g/mol. The summed E-state index contributed by atoms with van der Waals surface area (Å²) < 4.78 is 5.64. The Kier molecular flexibility index (Phi) is 3.59. The molecule has 2 aromatic rings. The van der Waals surface area contributed by atoms with Crippen molar-refractivity contribution in [2.75, 3.05) is 19.7 Å². The molecule has 0 aromatic heterocycles. The van der Waals surface area contributed by atoms with Crippen LogP contribution < -0.4 is 4.74 Å². The molecule has 0 spiro atoms. The molecule has 2 aliphatic heterocycles. The molecule has 1 unspecified atom stereocenters. The fraction of sp³-hybridized carbons (Fsp3) is 0.455. The summed E-state index contributed by atoms with van der Waals surface area (Å²) >= 11 is 0. The molecule has 2 heterocycles. The van der Waals surface area contributed by atoms with E-state index in [2.05, 4.69) is 41.3 Å². The molecule has 1 aliphatic carbocycles. The largest absolute Gasteiger partial charge is 0.493 e. The van der Waals surface area contributed by atoms with Crippen molar-refractivity contribution in [2.45, 2.75) is 44.6 Å². The molecule has 2 heteroatoms. The molecule has 0 radical (unpaired) electrons. The number of nitrogens with zero attached hydrogens (tertiary/aromatic N) is 1. The van der Waals surface area contributed by atoms with Crippen molar-refractivity contribution < 1.29 is 4.74 Å². The third-order valence-electron chi connectivity index (χ3n) is 6.09. The highest BCUT2D eigenvalue weighted by atomic mass is 16.5. The van der Waals surface area contributed by atoms with Gasteiger partial charge in [0.15, 0.2) is 0 Å². The minimum Gasteiger partial charge on any atom is -0.493 e. The van der Waals surface area contributed by atoms with E-state index in [9.17, 15) is 0 Å².